The Morgan fingerprint density at radius 1 is 1.38 bits per heavy atom. The summed E-state index contributed by atoms with van der Waals surface area (Å²) >= 11 is 0. The van der Waals surface area contributed by atoms with Crippen LogP contribution in [-0.2, 0) is 0 Å². The van der Waals surface area contributed by atoms with E-state index in [1.54, 1.807) is 0 Å². The van der Waals surface area contributed by atoms with Gasteiger partial charge in [-0.2, -0.15) is 0 Å². The number of hydrogen-bond donors (Lipinski definition) is 1. The first-order valence-electron chi connectivity index (χ1n) is 4.95. The van der Waals surface area contributed by atoms with Crippen LogP contribution in [-0.4, -0.2) is 31.1 Å². The van der Waals surface area contributed by atoms with Gasteiger partial charge in [-0.1, -0.05) is 13.8 Å². The quantitative estimate of drug-likeness (QED) is 0.628. The lowest BCUT2D eigenvalue weighted by atomic mass is 10.0. The van der Waals surface area contributed by atoms with Crippen molar-refractivity contribution in [1.29, 1.82) is 0 Å². The smallest absolute Gasteiger partial charge is 0.0214 e. The van der Waals surface area contributed by atoms with E-state index in [2.05, 4.69) is 31.7 Å². The highest BCUT2D eigenvalue weighted by Gasteiger charge is 2.07. The van der Waals surface area contributed by atoms with E-state index in [0.29, 0.717) is 12.0 Å². The van der Waals surface area contributed by atoms with Crippen LogP contribution in [0.5, 0.6) is 0 Å². The van der Waals surface area contributed by atoms with E-state index < -0.39 is 0 Å². The van der Waals surface area contributed by atoms with Gasteiger partial charge in [-0.25, -0.2) is 0 Å². The van der Waals surface area contributed by atoms with Crippen LogP contribution < -0.4 is 5.73 Å². The first-order chi connectivity index (χ1) is 6.07. The van der Waals surface area contributed by atoms with Crippen LogP contribution in [0.2, 0.25) is 0 Å². The van der Waals surface area contributed by atoms with E-state index in [1.807, 2.05) is 0 Å². The third-order valence-electron chi connectivity index (χ3n) is 2.34. The summed E-state index contributed by atoms with van der Waals surface area (Å²) in [7, 11) is 2.09. The van der Waals surface area contributed by atoms with E-state index in [0.717, 1.165) is 25.9 Å². The number of nitrogens with zero attached hydrogens (tertiary/aromatic N) is 1. The maximum Gasteiger partial charge on any atom is 0.0214 e. The van der Waals surface area contributed by atoms with Crippen molar-refractivity contribution < 1.29 is 0 Å². The van der Waals surface area contributed by atoms with Gasteiger partial charge in [0, 0.05) is 19.0 Å². The molecule has 0 rings (SSSR count). The highest BCUT2D eigenvalue weighted by atomic mass is 15.1. The molecule has 0 saturated carbocycles. The first kappa shape index (κ1) is 12.5. The molecule has 0 fully saturated rings. The molecule has 0 aliphatic carbocycles. The van der Waals surface area contributed by atoms with Crippen molar-refractivity contribution >= 4 is 0 Å². The second kappa shape index (κ2) is 6.94. The summed E-state index contributed by atoms with van der Waals surface area (Å²) in [6, 6.07) is 0.313. The van der Waals surface area contributed by atoms with E-state index in [1.165, 1.54) is 0 Å². The van der Waals surface area contributed by atoms with Gasteiger partial charge in [0.05, 0.1) is 0 Å². The molecule has 0 aliphatic rings. The predicted molar refractivity (Wildman–Crippen MR) is 58.4 cm³/mol. The van der Waals surface area contributed by atoms with Crippen LogP contribution >= 0.6 is 0 Å². The van der Waals surface area contributed by atoms with Gasteiger partial charge in [0.15, 0.2) is 0 Å². The Balaban J connectivity index is 3.47. The molecular weight excluding hydrogens is 160 g/mol. The van der Waals surface area contributed by atoms with Gasteiger partial charge >= 0.3 is 0 Å². The number of rotatable bonds is 6. The molecule has 0 bridgehead atoms. The van der Waals surface area contributed by atoms with Crippen molar-refractivity contribution in [3.05, 3.63) is 0 Å². The molecule has 0 spiro atoms. The summed E-state index contributed by atoms with van der Waals surface area (Å²) in [5.74, 6) is 3.21. The molecule has 0 saturated heterocycles. The van der Waals surface area contributed by atoms with E-state index in [4.69, 9.17) is 12.2 Å². The van der Waals surface area contributed by atoms with Gasteiger partial charge in [0.1, 0.15) is 0 Å². The molecule has 0 aromatic rings. The van der Waals surface area contributed by atoms with Crippen molar-refractivity contribution in [1.82, 2.24) is 4.90 Å². The fourth-order valence-electron chi connectivity index (χ4n) is 1.07. The van der Waals surface area contributed by atoms with Gasteiger partial charge in [-0.05, 0) is 25.9 Å². The zero-order valence-corrected chi connectivity index (χ0v) is 9.09. The van der Waals surface area contributed by atoms with Gasteiger partial charge in [-0.15, -0.1) is 12.3 Å². The number of nitrogens with two attached hydrogens (primary N) is 1. The van der Waals surface area contributed by atoms with Crippen LogP contribution in [0.1, 0.15) is 26.7 Å². The Morgan fingerprint density at radius 3 is 2.46 bits per heavy atom. The minimum absolute atomic E-state index is 0.313. The lowest BCUT2D eigenvalue weighted by Crippen LogP contribution is -2.32. The van der Waals surface area contributed by atoms with Crippen LogP contribution in [0, 0.1) is 18.3 Å². The van der Waals surface area contributed by atoms with E-state index in [-0.39, 0.29) is 0 Å². The molecule has 0 heterocycles. The highest BCUT2D eigenvalue weighted by Crippen LogP contribution is 2.03. The molecule has 1 atom stereocenters. The molecule has 0 aromatic carbocycles. The average molecular weight is 182 g/mol. The zero-order valence-electron chi connectivity index (χ0n) is 9.09. The third-order valence-corrected chi connectivity index (χ3v) is 2.34. The lowest BCUT2D eigenvalue weighted by Gasteiger charge is -2.20. The Labute approximate surface area is 82.5 Å². The summed E-state index contributed by atoms with van der Waals surface area (Å²) in [5, 5.41) is 0. The van der Waals surface area contributed by atoms with Crippen molar-refractivity contribution in [3.63, 3.8) is 0 Å². The Kier molecular flexibility index (Phi) is 6.66. The molecule has 0 aliphatic heterocycles. The third kappa shape index (κ3) is 6.62. The largest absolute Gasteiger partial charge is 0.327 e. The Bertz CT molecular complexity index is 158. The van der Waals surface area contributed by atoms with Gasteiger partial charge in [-0.3, -0.25) is 0 Å². The SMILES string of the molecule is C#CCCN(C)CCC(N)C(C)C. The summed E-state index contributed by atoms with van der Waals surface area (Å²) in [5.41, 5.74) is 5.93. The summed E-state index contributed by atoms with van der Waals surface area (Å²) in [6.45, 7) is 6.33. The topological polar surface area (TPSA) is 29.3 Å². The fraction of sp³-hybridized carbons (Fsp3) is 0.818. The highest BCUT2D eigenvalue weighted by molar-refractivity contribution is 4.84. The summed E-state index contributed by atoms with van der Waals surface area (Å²) in [6.07, 6.45) is 7.06. The normalized spacial score (nSPS) is 13.3. The van der Waals surface area contributed by atoms with Gasteiger partial charge < -0.3 is 10.6 Å². The van der Waals surface area contributed by atoms with Crippen molar-refractivity contribution in [2.75, 3.05) is 20.1 Å². The molecule has 2 nitrogen and oxygen atoms in total. The monoisotopic (exact) mass is 182 g/mol. The molecule has 2 N–H and O–H groups in total. The molecule has 0 radical (unpaired) electrons. The van der Waals surface area contributed by atoms with Crippen LogP contribution in [0.15, 0.2) is 0 Å². The van der Waals surface area contributed by atoms with Crippen molar-refractivity contribution in [3.8, 4) is 12.3 Å². The van der Waals surface area contributed by atoms with Gasteiger partial charge in [0.25, 0.3) is 0 Å². The second-order valence-electron chi connectivity index (χ2n) is 3.95. The summed E-state index contributed by atoms with van der Waals surface area (Å²) in [4.78, 5) is 2.24. The van der Waals surface area contributed by atoms with Crippen molar-refractivity contribution in [2.45, 2.75) is 32.7 Å². The fourth-order valence-corrected chi connectivity index (χ4v) is 1.07. The molecular formula is C11H22N2. The molecule has 0 amide bonds. The van der Waals surface area contributed by atoms with Crippen LogP contribution in [0.25, 0.3) is 0 Å². The maximum atomic E-state index is 5.93. The molecule has 1 unspecified atom stereocenters. The molecule has 13 heavy (non-hydrogen) atoms. The predicted octanol–water partition coefficient (Wildman–Crippen LogP) is 1.31. The molecule has 2 heteroatoms. The zero-order chi connectivity index (χ0) is 10.3. The minimum Gasteiger partial charge on any atom is -0.327 e. The number of terminal acetylenes is 1. The van der Waals surface area contributed by atoms with Crippen LogP contribution in [0.4, 0.5) is 0 Å². The Hall–Kier alpha value is -0.520. The van der Waals surface area contributed by atoms with E-state index >= 15 is 0 Å². The lowest BCUT2D eigenvalue weighted by molar-refractivity contribution is 0.309. The average Bonchev–Trinajstić information content (AvgIpc) is 2.10. The number of hydrogen-bond acceptors (Lipinski definition) is 2. The second-order valence-corrected chi connectivity index (χ2v) is 3.95. The van der Waals surface area contributed by atoms with Crippen LogP contribution in [0.3, 0.4) is 0 Å². The van der Waals surface area contributed by atoms with E-state index in [9.17, 15) is 0 Å². The maximum absolute atomic E-state index is 5.93. The summed E-state index contributed by atoms with van der Waals surface area (Å²) < 4.78 is 0. The Morgan fingerprint density at radius 2 is 2.00 bits per heavy atom. The first-order valence-corrected chi connectivity index (χ1v) is 4.95. The van der Waals surface area contributed by atoms with Gasteiger partial charge in [0.2, 0.25) is 0 Å². The minimum atomic E-state index is 0.313. The molecule has 0 aromatic heterocycles. The molecule has 76 valence electrons. The standard InChI is InChI=1S/C11H22N2/c1-5-6-8-13(4)9-7-11(12)10(2)3/h1,10-11H,6-9,12H2,2-4H3. The van der Waals surface area contributed by atoms with Crippen molar-refractivity contribution in [2.24, 2.45) is 11.7 Å².